The minimum atomic E-state index is 0.0857. The Labute approximate surface area is 126 Å². The van der Waals surface area contributed by atoms with Crippen LogP contribution in [0.4, 0.5) is 0 Å². The first-order valence-corrected chi connectivity index (χ1v) is 8.76. The largest absolute Gasteiger partial charge is 0.299 e. The first-order chi connectivity index (χ1) is 9.41. The molecule has 0 saturated heterocycles. The summed E-state index contributed by atoms with van der Waals surface area (Å²) in [5, 5.41) is 3.11. The maximum Gasteiger partial charge on any atom is 0.139 e. The van der Waals surface area contributed by atoms with Crippen LogP contribution in [0.3, 0.4) is 0 Å². The van der Waals surface area contributed by atoms with Gasteiger partial charge in [-0.3, -0.25) is 4.79 Å². The summed E-state index contributed by atoms with van der Waals surface area (Å²) >= 11 is 1.65. The second-order valence-electron chi connectivity index (χ2n) is 7.73. The molecule has 0 radical (unpaired) electrons. The van der Waals surface area contributed by atoms with E-state index in [0.717, 1.165) is 29.0 Å². The van der Waals surface area contributed by atoms with Crippen molar-refractivity contribution in [2.24, 2.45) is 17.8 Å². The zero-order valence-electron chi connectivity index (χ0n) is 12.8. The lowest BCUT2D eigenvalue weighted by atomic mass is 9.85. The topological polar surface area (TPSA) is 30.0 Å². The molecule has 0 aliphatic heterocycles. The van der Waals surface area contributed by atoms with Gasteiger partial charge in [0.25, 0.3) is 0 Å². The number of aromatic nitrogens is 1. The Balaban J connectivity index is 1.55. The maximum atomic E-state index is 12.3. The molecule has 1 aromatic rings. The van der Waals surface area contributed by atoms with E-state index in [0.29, 0.717) is 18.1 Å². The number of Topliss-reactive ketones (excluding diaryl/α,β-unsaturated/α-hetero) is 1. The lowest BCUT2D eigenvalue weighted by Gasteiger charge is -2.20. The van der Waals surface area contributed by atoms with Crippen molar-refractivity contribution in [2.45, 2.75) is 64.7 Å². The highest BCUT2D eigenvalue weighted by Gasteiger charge is 2.40. The first-order valence-electron chi connectivity index (χ1n) is 7.88. The highest BCUT2D eigenvalue weighted by molar-refractivity contribution is 7.09. The summed E-state index contributed by atoms with van der Waals surface area (Å²) in [6, 6.07) is 0. The molecule has 2 aliphatic carbocycles. The minimum Gasteiger partial charge on any atom is -0.299 e. The van der Waals surface area contributed by atoms with Crippen molar-refractivity contribution >= 4 is 17.1 Å². The molecular weight excluding hydrogens is 266 g/mol. The summed E-state index contributed by atoms with van der Waals surface area (Å²) in [6.45, 7) is 6.51. The summed E-state index contributed by atoms with van der Waals surface area (Å²) in [6.07, 6.45) is 6.83. The van der Waals surface area contributed by atoms with Gasteiger partial charge in [0.2, 0.25) is 0 Å². The standard InChI is InChI=1S/C17H25NOS/c1-17(2,3)15-10-20-16(18-15)9-14(19)8-13-7-11-4-5-12(13)6-11/h10-13H,4-9H2,1-3H3. The number of fused-ring (bicyclic) bond motifs is 2. The molecule has 110 valence electrons. The van der Waals surface area contributed by atoms with E-state index >= 15 is 0 Å². The van der Waals surface area contributed by atoms with E-state index in [9.17, 15) is 4.79 Å². The second kappa shape index (κ2) is 5.25. The molecule has 2 aliphatic rings. The molecule has 2 bridgehead atoms. The fourth-order valence-electron chi connectivity index (χ4n) is 3.90. The predicted molar refractivity (Wildman–Crippen MR) is 83.1 cm³/mol. The van der Waals surface area contributed by atoms with Crippen molar-refractivity contribution in [2.75, 3.05) is 0 Å². The monoisotopic (exact) mass is 291 g/mol. The Morgan fingerprint density at radius 2 is 2.15 bits per heavy atom. The van der Waals surface area contributed by atoms with Crippen LogP contribution in [-0.2, 0) is 16.6 Å². The molecule has 3 unspecified atom stereocenters. The predicted octanol–water partition coefficient (Wildman–Crippen LogP) is 4.38. The fourth-order valence-corrected chi connectivity index (χ4v) is 4.95. The van der Waals surface area contributed by atoms with E-state index in [2.05, 4.69) is 31.1 Å². The van der Waals surface area contributed by atoms with Crippen molar-refractivity contribution < 1.29 is 4.79 Å². The Morgan fingerprint density at radius 1 is 1.35 bits per heavy atom. The van der Waals surface area contributed by atoms with Gasteiger partial charge in [-0.1, -0.05) is 27.2 Å². The Kier molecular flexibility index (Phi) is 3.74. The van der Waals surface area contributed by atoms with E-state index in [1.165, 1.54) is 25.7 Å². The van der Waals surface area contributed by atoms with Crippen LogP contribution in [-0.4, -0.2) is 10.8 Å². The molecule has 3 atom stereocenters. The van der Waals surface area contributed by atoms with E-state index in [4.69, 9.17) is 0 Å². The van der Waals surface area contributed by atoms with Crippen LogP contribution in [0.25, 0.3) is 0 Å². The number of thiazole rings is 1. The van der Waals surface area contributed by atoms with E-state index in [1.807, 2.05) is 0 Å². The van der Waals surface area contributed by atoms with Gasteiger partial charge in [0.1, 0.15) is 10.8 Å². The summed E-state index contributed by atoms with van der Waals surface area (Å²) in [5.41, 5.74) is 1.20. The SMILES string of the molecule is CC(C)(C)c1csc(CC(=O)CC2CC3CCC2C3)n1. The molecule has 1 heterocycles. The lowest BCUT2D eigenvalue weighted by Crippen LogP contribution is -2.16. The smallest absolute Gasteiger partial charge is 0.139 e. The highest BCUT2D eigenvalue weighted by atomic mass is 32.1. The number of ketones is 1. The third-order valence-corrected chi connectivity index (χ3v) is 5.89. The lowest BCUT2D eigenvalue weighted by molar-refractivity contribution is -0.119. The number of hydrogen-bond donors (Lipinski definition) is 0. The van der Waals surface area contributed by atoms with Crippen LogP contribution in [0.15, 0.2) is 5.38 Å². The molecule has 20 heavy (non-hydrogen) atoms. The van der Waals surface area contributed by atoms with Crippen LogP contribution in [0, 0.1) is 17.8 Å². The van der Waals surface area contributed by atoms with Gasteiger partial charge in [-0.2, -0.15) is 0 Å². The van der Waals surface area contributed by atoms with Crippen LogP contribution in [0.1, 0.15) is 63.6 Å². The molecule has 0 aromatic carbocycles. The molecule has 2 fully saturated rings. The molecule has 0 amide bonds. The fraction of sp³-hybridized carbons (Fsp3) is 0.765. The zero-order chi connectivity index (χ0) is 14.3. The van der Waals surface area contributed by atoms with Crippen molar-refractivity contribution in [3.8, 4) is 0 Å². The van der Waals surface area contributed by atoms with Gasteiger partial charge >= 0.3 is 0 Å². The van der Waals surface area contributed by atoms with Crippen molar-refractivity contribution in [1.82, 2.24) is 4.98 Å². The molecule has 2 nitrogen and oxygen atoms in total. The van der Waals surface area contributed by atoms with Crippen molar-refractivity contribution in [3.05, 3.63) is 16.1 Å². The van der Waals surface area contributed by atoms with E-state index in [1.54, 1.807) is 11.3 Å². The number of hydrogen-bond acceptors (Lipinski definition) is 3. The highest BCUT2D eigenvalue weighted by Crippen LogP contribution is 2.49. The molecule has 3 rings (SSSR count). The molecular formula is C17H25NOS. The normalized spacial score (nSPS) is 29.1. The van der Waals surface area contributed by atoms with Gasteiger partial charge < -0.3 is 0 Å². The quantitative estimate of drug-likeness (QED) is 0.824. The number of carbonyl (C=O) groups excluding carboxylic acids is 1. The minimum absolute atomic E-state index is 0.0857. The summed E-state index contributed by atoms with van der Waals surface area (Å²) in [5.74, 6) is 2.87. The third kappa shape index (κ3) is 2.98. The van der Waals surface area contributed by atoms with Crippen LogP contribution < -0.4 is 0 Å². The molecule has 0 spiro atoms. The Morgan fingerprint density at radius 3 is 2.70 bits per heavy atom. The van der Waals surface area contributed by atoms with Gasteiger partial charge in [0.15, 0.2) is 0 Å². The number of carbonyl (C=O) groups is 1. The van der Waals surface area contributed by atoms with Gasteiger partial charge in [0.05, 0.1) is 12.1 Å². The average molecular weight is 291 g/mol. The second-order valence-corrected chi connectivity index (χ2v) is 8.67. The summed E-state index contributed by atoms with van der Waals surface area (Å²) < 4.78 is 0. The zero-order valence-corrected chi connectivity index (χ0v) is 13.6. The van der Waals surface area contributed by atoms with Crippen LogP contribution in [0.5, 0.6) is 0 Å². The van der Waals surface area contributed by atoms with Crippen molar-refractivity contribution in [3.63, 3.8) is 0 Å². The van der Waals surface area contributed by atoms with Gasteiger partial charge in [-0.05, 0) is 37.0 Å². The van der Waals surface area contributed by atoms with Gasteiger partial charge in [-0.25, -0.2) is 4.98 Å². The van der Waals surface area contributed by atoms with Crippen LogP contribution in [0.2, 0.25) is 0 Å². The average Bonchev–Trinajstić information content (AvgIpc) is 3.02. The number of rotatable bonds is 4. The van der Waals surface area contributed by atoms with E-state index in [-0.39, 0.29) is 5.41 Å². The molecule has 2 saturated carbocycles. The maximum absolute atomic E-state index is 12.3. The molecule has 1 aromatic heterocycles. The number of nitrogens with zero attached hydrogens (tertiary/aromatic N) is 1. The van der Waals surface area contributed by atoms with Crippen LogP contribution >= 0.6 is 11.3 Å². The first kappa shape index (κ1) is 14.2. The molecule has 3 heteroatoms. The third-order valence-electron chi connectivity index (χ3n) is 5.04. The van der Waals surface area contributed by atoms with Gasteiger partial charge in [-0.15, -0.1) is 11.3 Å². The van der Waals surface area contributed by atoms with Gasteiger partial charge in [0, 0.05) is 17.2 Å². The summed E-state index contributed by atoms with van der Waals surface area (Å²) in [7, 11) is 0. The molecule has 0 N–H and O–H groups in total. The summed E-state index contributed by atoms with van der Waals surface area (Å²) in [4.78, 5) is 16.9. The van der Waals surface area contributed by atoms with E-state index < -0.39 is 0 Å². The van der Waals surface area contributed by atoms with Crippen molar-refractivity contribution in [1.29, 1.82) is 0 Å². The Hall–Kier alpha value is -0.700. The Bertz CT molecular complexity index is 499.